The van der Waals surface area contributed by atoms with Crippen molar-refractivity contribution in [2.45, 2.75) is 6.42 Å². The van der Waals surface area contributed by atoms with Crippen LogP contribution in [0, 0.1) is 0 Å². The van der Waals surface area contributed by atoms with Crippen LogP contribution in [0.3, 0.4) is 0 Å². The van der Waals surface area contributed by atoms with Crippen LogP contribution in [0.5, 0.6) is 0 Å². The molecule has 0 saturated carbocycles. The maximum atomic E-state index is 11.4. The number of anilines is 1. The minimum Gasteiger partial charge on any atom is -0.326 e. The van der Waals surface area contributed by atoms with Crippen molar-refractivity contribution in [3.05, 3.63) is 29.3 Å². The van der Waals surface area contributed by atoms with Gasteiger partial charge in [-0.15, -0.1) is 0 Å². The zero-order chi connectivity index (χ0) is 15.5. The molecule has 1 aromatic carbocycles. The van der Waals surface area contributed by atoms with Crippen LogP contribution in [0.15, 0.2) is 28.3 Å². The summed E-state index contributed by atoms with van der Waals surface area (Å²) >= 11 is 1.65. The van der Waals surface area contributed by atoms with Crippen LogP contribution in [0.25, 0.3) is 0 Å². The number of hydrazone groups is 1. The van der Waals surface area contributed by atoms with E-state index < -0.39 is 0 Å². The van der Waals surface area contributed by atoms with E-state index in [0.717, 1.165) is 46.5 Å². The third-order valence-corrected chi connectivity index (χ3v) is 4.41. The lowest BCUT2D eigenvalue weighted by atomic mass is 10.1. The first-order valence-corrected chi connectivity index (χ1v) is 8.18. The van der Waals surface area contributed by atoms with Gasteiger partial charge in [0.15, 0.2) is 5.17 Å². The Balaban J connectivity index is 1.66. The SMILES string of the molecule is CN(C)CCN=C1NN=C(c2ccc3c(c2)NC(=O)C3)CS1. The molecule has 2 heterocycles. The number of hydrogen-bond acceptors (Lipinski definition) is 5. The average molecular weight is 317 g/mol. The second kappa shape index (κ2) is 6.50. The Bertz CT molecular complexity index is 653. The molecule has 0 aromatic heterocycles. The standard InChI is InChI=1S/C15H19N5OS/c1-20(2)6-5-16-15-19-18-13(9-22-15)10-3-4-11-8-14(21)17-12(11)7-10/h3-4,7H,5-6,8-9H2,1-2H3,(H,16,19)(H,17,21). The summed E-state index contributed by atoms with van der Waals surface area (Å²) in [6.07, 6.45) is 0.470. The van der Waals surface area contributed by atoms with Crippen LogP contribution in [0.4, 0.5) is 5.69 Å². The lowest BCUT2D eigenvalue weighted by Gasteiger charge is -2.16. The molecule has 0 atom stereocenters. The minimum absolute atomic E-state index is 0.0561. The van der Waals surface area contributed by atoms with Crippen molar-refractivity contribution in [3.63, 3.8) is 0 Å². The van der Waals surface area contributed by atoms with E-state index in [1.165, 1.54) is 0 Å². The smallest absolute Gasteiger partial charge is 0.228 e. The van der Waals surface area contributed by atoms with E-state index in [9.17, 15) is 4.79 Å². The number of carbonyl (C=O) groups excluding carboxylic acids is 1. The molecule has 0 fully saturated rings. The number of fused-ring (bicyclic) bond motifs is 1. The highest BCUT2D eigenvalue weighted by molar-refractivity contribution is 8.14. The van der Waals surface area contributed by atoms with Crippen molar-refractivity contribution in [3.8, 4) is 0 Å². The number of amidine groups is 1. The highest BCUT2D eigenvalue weighted by Gasteiger charge is 2.20. The van der Waals surface area contributed by atoms with Crippen molar-refractivity contribution >= 4 is 34.2 Å². The van der Waals surface area contributed by atoms with Gasteiger partial charge < -0.3 is 10.2 Å². The first-order valence-electron chi connectivity index (χ1n) is 7.19. The van der Waals surface area contributed by atoms with Gasteiger partial charge in [-0.1, -0.05) is 23.9 Å². The number of aliphatic imine (C=N–C) groups is 1. The molecule has 0 radical (unpaired) electrons. The number of rotatable bonds is 4. The summed E-state index contributed by atoms with van der Waals surface area (Å²) in [4.78, 5) is 18.0. The molecule has 6 nitrogen and oxygen atoms in total. The summed E-state index contributed by atoms with van der Waals surface area (Å²) in [6, 6.07) is 6.01. The first kappa shape index (κ1) is 15.1. The largest absolute Gasteiger partial charge is 0.326 e. The summed E-state index contributed by atoms with van der Waals surface area (Å²) in [5.41, 5.74) is 6.98. The third kappa shape index (κ3) is 3.48. The summed E-state index contributed by atoms with van der Waals surface area (Å²) < 4.78 is 0. The average Bonchev–Trinajstić information content (AvgIpc) is 2.86. The van der Waals surface area contributed by atoms with Crippen LogP contribution in [0.2, 0.25) is 0 Å². The van der Waals surface area contributed by atoms with E-state index in [0.29, 0.717) is 6.42 Å². The van der Waals surface area contributed by atoms with Crippen LogP contribution in [-0.2, 0) is 11.2 Å². The fourth-order valence-corrected chi connectivity index (χ4v) is 3.09. The Morgan fingerprint density at radius 3 is 3.00 bits per heavy atom. The molecule has 0 spiro atoms. The highest BCUT2D eigenvalue weighted by atomic mass is 32.2. The number of thioether (sulfide) groups is 1. The number of likely N-dealkylation sites (N-methyl/N-ethyl adjacent to an activating group) is 1. The number of hydrogen-bond donors (Lipinski definition) is 2. The van der Waals surface area contributed by atoms with Crippen LogP contribution >= 0.6 is 11.8 Å². The summed E-state index contributed by atoms with van der Waals surface area (Å²) in [5, 5.41) is 8.15. The van der Waals surface area contributed by atoms with Gasteiger partial charge in [0.2, 0.25) is 5.91 Å². The van der Waals surface area contributed by atoms with Crippen molar-refractivity contribution in [1.29, 1.82) is 0 Å². The highest BCUT2D eigenvalue weighted by Crippen LogP contribution is 2.25. The normalized spacial score (nSPS) is 19.0. The fraction of sp³-hybridized carbons (Fsp3) is 0.400. The first-order chi connectivity index (χ1) is 10.6. The van der Waals surface area contributed by atoms with Crippen LogP contribution in [-0.4, -0.2) is 54.6 Å². The molecule has 116 valence electrons. The molecule has 7 heteroatoms. The molecular formula is C15H19N5OS. The predicted molar refractivity (Wildman–Crippen MR) is 91.8 cm³/mol. The van der Waals surface area contributed by atoms with Gasteiger partial charge in [0, 0.05) is 23.5 Å². The van der Waals surface area contributed by atoms with E-state index >= 15 is 0 Å². The molecule has 22 heavy (non-hydrogen) atoms. The molecule has 0 bridgehead atoms. The van der Waals surface area contributed by atoms with E-state index in [2.05, 4.69) is 25.7 Å². The Morgan fingerprint density at radius 2 is 2.27 bits per heavy atom. The Hall–Kier alpha value is -1.86. The minimum atomic E-state index is 0.0561. The second-order valence-electron chi connectivity index (χ2n) is 5.55. The van der Waals surface area contributed by atoms with Gasteiger partial charge in [-0.25, -0.2) is 0 Å². The predicted octanol–water partition coefficient (Wildman–Crippen LogP) is 1.14. The topological polar surface area (TPSA) is 69.1 Å². The van der Waals surface area contributed by atoms with E-state index in [4.69, 9.17) is 0 Å². The molecule has 0 aliphatic carbocycles. The Kier molecular flexibility index (Phi) is 4.44. The molecule has 3 rings (SSSR count). The molecule has 2 aliphatic heterocycles. The van der Waals surface area contributed by atoms with Gasteiger partial charge in [-0.05, 0) is 25.7 Å². The molecule has 2 N–H and O–H groups in total. The van der Waals surface area contributed by atoms with Gasteiger partial charge in [0.1, 0.15) is 0 Å². The van der Waals surface area contributed by atoms with Crippen molar-refractivity contribution in [1.82, 2.24) is 10.3 Å². The number of nitrogens with one attached hydrogen (secondary N) is 2. The third-order valence-electron chi connectivity index (χ3n) is 3.50. The Labute approximate surface area is 134 Å². The van der Waals surface area contributed by atoms with Crippen molar-refractivity contribution in [2.24, 2.45) is 10.1 Å². The molecule has 2 aliphatic rings. The van der Waals surface area contributed by atoms with Crippen molar-refractivity contribution in [2.75, 3.05) is 38.3 Å². The molecule has 1 amide bonds. The fourth-order valence-electron chi connectivity index (χ4n) is 2.29. The van der Waals surface area contributed by atoms with Gasteiger partial charge in [-0.2, -0.15) is 5.10 Å². The zero-order valence-electron chi connectivity index (χ0n) is 12.7. The lowest BCUT2D eigenvalue weighted by molar-refractivity contribution is -0.115. The van der Waals surface area contributed by atoms with Gasteiger partial charge in [-0.3, -0.25) is 15.2 Å². The second-order valence-corrected chi connectivity index (χ2v) is 6.51. The summed E-state index contributed by atoms with van der Waals surface area (Å²) in [7, 11) is 4.06. The number of nitrogens with zero attached hydrogens (tertiary/aromatic N) is 3. The van der Waals surface area contributed by atoms with E-state index in [-0.39, 0.29) is 5.91 Å². The quantitative estimate of drug-likeness (QED) is 0.874. The summed E-state index contributed by atoms with van der Waals surface area (Å²) in [5.74, 6) is 0.834. The van der Waals surface area contributed by atoms with E-state index in [1.54, 1.807) is 11.8 Å². The van der Waals surface area contributed by atoms with Crippen molar-refractivity contribution < 1.29 is 4.79 Å². The van der Waals surface area contributed by atoms with Gasteiger partial charge in [0.05, 0.1) is 18.7 Å². The maximum absolute atomic E-state index is 11.4. The molecular weight excluding hydrogens is 298 g/mol. The number of amides is 1. The zero-order valence-corrected chi connectivity index (χ0v) is 13.5. The maximum Gasteiger partial charge on any atom is 0.228 e. The molecule has 0 unspecified atom stereocenters. The monoisotopic (exact) mass is 317 g/mol. The number of carbonyl (C=O) groups is 1. The van der Waals surface area contributed by atoms with Gasteiger partial charge in [0.25, 0.3) is 0 Å². The van der Waals surface area contributed by atoms with E-state index in [1.807, 2.05) is 32.3 Å². The van der Waals surface area contributed by atoms with Crippen LogP contribution < -0.4 is 10.7 Å². The lowest BCUT2D eigenvalue weighted by Crippen LogP contribution is -2.26. The Morgan fingerprint density at radius 1 is 1.41 bits per heavy atom. The summed E-state index contributed by atoms with van der Waals surface area (Å²) in [6.45, 7) is 1.69. The van der Waals surface area contributed by atoms with Gasteiger partial charge >= 0.3 is 0 Å². The molecule has 1 aromatic rings. The number of benzene rings is 1. The van der Waals surface area contributed by atoms with Crippen LogP contribution in [0.1, 0.15) is 11.1 Å². The molecule has 0 saturated heterocycles.